The van der Waals surface area contributed by atoms with Crippen LogP contribution < -0.4 is 14.8 Å². The third kappa shape index (κ3) is 4.33. The molecule has 1 aromatic heterocycles. The summed E-state index contributed by atoms with van der Waals surface area (Å²) in [6.07, 6.45) is 5.99. The van der Waals surface area contributed by atoms with E-state index >= 15 is 0 Å². The molecule has 8 nitrogen and oxygen atoms in total. The van der Waals surface area contributed by atoms with E-state index in [9.17, 15) is 4.39 Å². The zero-order valence-electron chi connectivity index (χ0n) is 19.5. The number of ether oxygens (including phenoxy) is 4. The Hall–Kier alpha value is -2.82. The van der Waals surface area contributed by atoms with Crippen LogP contribution in [0.1, 0.15) is 12.0 Å². The summed E-state index contributed by atoms with van der Waals surface area (Å²) in [5.41, 5.74) is 2.93. The summed E-state index contributed by atoms with van der Waals surface area (Å²) in [4.78, 5) is 8.93. The largest absolute Gasteiger partial charge is 0.494 e. The molecule has 0 radical (unpaired) electrons. The van der Waals surface area contributed by atoms with Crippen molar-refractivity contribution in [2.24, 2.45) is 4.36 Å². The number of aryl methyl sites for hydroxylation is 1. The first kappa shape index (κ1) is 22.9. The Balaban J connectivity index is 1.53. The molecule has 34 heavy (non-hydrogen) atoms. The second-order valence-electron chi connectivity index (χ2n) is 8.45. The third-order valence-corrected chi connectivity index (χ3v) is 6.54. The lowest BCUT2D eigenvalue weighted by Gasteiger charge is -2.21. The van der Waals surface area contributed by atoms with Gasteiger partial charge in [-0.25, -0.2) is 18.7 Å². The molecule has 3 heterocycles. The second kappa shape index (κ2) is 9.44. The topological polar surface area (TPSA) is 87.1 Å². The second-order valence-corrected chi connectivity index (χ2v) is 10.2. The van der Waals surface area contributed by atoms with Crippen molar-refractivity contribution in [3.63, 3.8) is 0 Å². The lowest BCUT2D eigenvalue weighted by atomic mass is 10.1. The predicted octanol–water partition coefficient (Wildman–Crippen LogP) is 4.46. The molecule has 1 N–H and O–H groups in total. The number of nitrogens with zero attached hydrogens (tertiary/aromatic N) is 3. The SMILES string of the molecule is COc1c(N=S(C)C)cc2ncnc(Nc3ccc(F)cc3OC3CO[C@@H]4CCO[C@H]34)c2c1C. The minimum absolute atomic E-state index is 0.0296. The Morgan fingerprint density at radius 3 is 2.85 bits per heavy atom. The normalized spacial score (nSPS) is 21.6. The number of hydrogen-bond acceptors (Lipinski definition) is 8. The van der Waals surface area contributed by atoms with E-state index in [0.29, 0.717) is 36.2 Å². The van der Waals surface area contributed by atoms with Crippen LogP contribution >= 0.6 is 0 Å². The molecular formula is C24H27FN4O4S. The van der Waals surface area contributed by atoms with Crippen LogP contribution in [0, 0.1) is 12.7 Å². The van der Waals surface area contributed by atoms with E-state index < -0.39 is 5.82 Å². The highest BCUT2D eigenvalue weighted by atomic mass is 32.2. The first-order chi connectivity index (χ1) is 16.4. The fraction of sp³-hybridized carbons (Fsp3) is 0.417. The fourth-order valence-electron chi connectivity index (χ4n) is 4.51. The first-order valence-electron chi connectivity index (χ1n) is 11.0. The monoisotopic (exact) mass is 486 g/mol. The smallest absolute Gasteiger partial charge is 0.151 e. The standard InChI is InChI=1S/C24H27FN4O4S/c1-13-21-16(10-17(22(13)30-2)29-34(3)4)26-12-27-24(21)28-15-6-5-14(25)9-19(15)33-20-11-32-18-7-8-31-23(18)20/h5-6,9-10,12,18,20,23H,7-8,11H2,1-4H3,(H,26,27,28)/t18-,20?,23+/m1/s1. The molecule has 180 valence electrons. The van der Waals surface area contributed by atoms with E-state index in [2.05, 4.69) is 15.3 Å². The van der Waals surface area contributed by atoms with E-state index in [4.69, 9.17) is 23.3 Å². The van der Waals surface area contributed by atoms with Crippen molar-refractivity contribution in [1.82, 2.24) is 9.97 Å². The molecule has 0 amide bonds. The third-order valence-electron chi connectivity index (χ3n) is 5.98. The van der Waals surface area contributed by atoms with Gasteiger partial charge in [0.15, 0.2) is 6.10 Å². The van der Waals surface area contributed by atoms with Crippen LogP contribution in [0.5, 0.6) is 11.5 Å². The van der Waals surface area contributed by atoms with Crippen molar-refractivity contribution in [2.45, 2.75) is 31.7 Å². The number of fused-ring (bicyclic) bond motifs is 2. The minimum atomic E-state index is -0.394. The van der Waals surface area contributed by atoms with Gasteiger partial charge < -0.3 is 24.3 Å². The highest BCUT2D eigenvalue weighted by Crippen LogP contribution is 2.41. The summed E-state index contributed by atoms with van der Waals surface area (Å²) in [6, 6.07) is 6.28. The van der Waals surface area contributed by atoms with Crippen LogP contribution in [0.2, 0.25) is 0 Å². The van der Waals surface area contributed by atoms with Gasteiger partial charge in [0, 0.05) is 23.6 Å². The Labute approximate surface area is 199 Å². The maximum Gasteiger partial charge on any atom is 0.151 e. The van der Waals surface area contributed by atoms with Gasteiger partial charge in [0.1, 0.15) is 41.3 Å². The summed E-state index contributed by atoms with van der Waals surface area (Å²) in [5.74, 6) is 1.21. The van der Waals surface area contributed by atoms with Gasteiger partial charge in [0.25, 0.3) is 0 Å². The van der Waals surface area contributed by atoms with E-state index in [1.54, 1.807) is 13.2 Å². The first-order valence-corrected chi connectivity index (χ1v) is 13.0. The van der Waals surface area contributed by atoms with Crippen LogP contribution in [-0.4, -0.2) is 61.1 Å². The molecule has 5 rings (SSSR count). The Bertz CT molecular complexity index is 1270. The number of benzene rings is 2. The van der Waals surface area contributed by atoms with Crippen LogP contribution in [0.15, 0.2) is 35.0 Å². The average Bonchev–Trinajstić information content (AvgIpc) is 3.40. The van der Waals surface area contributed by atoms with Gasteiger partial charge >= 0.3 is 0 Å². The van der Waals surface area contributed by atoms with E-state index in [1.807, 2.05) is 25.5 Å². The molecular weight excluding hydrogens is 459 g/mol. The van der Waals surface area contributed by atoms with Gasteiger partial charge in [-0.2, -0.15) is 0 Å². The predicted molar refractivity (Wildman–Crippen MR) is 130 cm³/mol. The summed E-state index contributed by atoms with van der Waals surface area (Å²) in [7, 11) is 1.46. The van der Waals surface area contributed by atoms with Crippen LogP contribution in [-0.2, 0) is 20.2 Å². The number of anilines is 2. The maximum absolute atomic E-state index is 14.2. The summed E-state index contributed by atoms with van der Waals surface area (Å²) in [5, 5.41) is 4.12. The highest BCUT2D eigenvalue weighted by molar-refractivity contribution is 7.85. The maximum atomic E-state index is 14.2. The molecule has 0 aliphatic carbocycles. The van der Waals surface area contributed by atoms with Crippen molar-refractivity contribution in [2.75, 3.05) is 38.2 Å². The molecule has 2 aliphatic heterocycles. The molecule has 2 fully saturated rings. The Morgan fingerprint density at radius 2 is 2.06 bits per heavy atom. The lowest BCUT2D eigenvalue weighted by Crippen LogP contribution is -2.32. The van der Waals surface area contributed by atoms with Gasteiger partial charge in [-0.3, -0.25) is 0 Å². The fourth-order valence-corrected chi connectivity index (χ4v) is 5.04. The highest BCUT2D eigenvalue weighted by Gasteiger charge is 2.43. The van der Waals surface area contributed by atoms with Crippen LogP contribution in [0.3, 0.4) is 0 Å². The molecule has 1 unspecified atom stereocenters. The molecule has 10 heteroatoms. The molecule has 2 aliphatic rings. The number of nitrogens with one attached hydrogen (secondary N) is 1. The summed E-state index contributed by atoms with van der Waals surface area (Å²) in [6.45, 7) is 3.00. The van der Waals surface area contributed by atoms with Crippen molar-refractivity contribution < 1.29 is 23.3 Å². The molecule has 0 spiro atoms. The molecule has 0 saturated carbocycles. The Kier molecular flexibility index (Phi) is 6.37. The van der Waals surface area contributed by atoms with E-state index in [-0.39, 0.29) is 29.0 Å². The summed E-state index contributed by atoms with van der Waals surface area (Å²) < 4.78 is 42.3. The number of aromatic nitrogens is 2. The zero-order valence-corrected chi connectivity index (χ0v) is 20.3. The van der Waals surface area contributed by atoms with Crippen molar-refractivity contribution in [3.05, 3.63) is 42.0 Å². The van der Waals surface area contributed by atoms with Gasteiger partial charge in [-0.1, -0.05) is 0 Å². The average molecular weight is 487 g/mol. The molecule has 3 aromatic rings. The van der Waals surface area contributed by atoms with E-state index in [0.717, 1.165) is 28.6 Å². The number of halogens is 1. The molecule has 2 aromatic carbocycles. The van der Waals surface area contributed by atoms with Crippen molar-refractivity contribution in [1.29, 1.82) is 0 Å². The number of rotatable bonds is 6. The van der Waals surface area contributed by atoms with E-state index in [1.165, 1.54) is 18.5 Å². The van der Waals surface area contributed by atoms with Gasteiger partial charge in [-0.05, 0) is 44.1 Å². The van der Waals surface area contributed by atoms with Gasteiger partial charge in [0.2, 0.25) is 0 Å². The molecule has 3 atom stereocenters. The summed E-state index contributed by atoms with van der Waals surface area (Å²) >= 11 is 0. The number of hydrogen-bond donors (Lipinski definition) is 1. The van der Waals surface area contributed by atoms with Crippen molar-refractivity contribution in [3.8, 4) is 11.5 Å². The Morgan fingerprint density at radius 1 is 1.21 bits per heavy atom. The van der Waals surface area contributed by atoms with Crippen LogP contribution in [0.4, 0.5) is 21.6 Å². The zero-order chi connectivity index (χ0) is 23.8. The lowest BCUT2D eigenvalue weighted by molar-refractivity contribution is 0.0310. The minimum Gasteiger partial charge on any atom is -0.494 e. The van der Waals surface area contributed by atoms with Gasteiger partial charge in [0.05, 0.1) is 31.0 Å². The number of methoxy groups -OCH3 is 1. The quantitative estimate of drug-likeness (QED) is 0.551. The van der Waals surface area contributed by atoms with Crippen molar-refractivity contribution >= 4 is 38.8 Å². The molecule has 2 saturated heterocycles. The van der Waals surface area contributed by atoms with Crippen LogP contribution in [0.25, 0.3) is 10.9 Å². The van der Waals surface area contributed by atoms with Gasteiger partial charge in [-0.15, -0.1) is 10.7 Å². The molecule has 0 bridgehead atoms.